The highest BCUT2D eigenvalue weighted by molar-refractivity contribution is 5.54. The summed E-state index contributed by atoms with van der Waals surface area (Å²) in [4.78, 5) is 7.61. The molecular formula is C19H24F3N3O. The van der Waals surface area contributed by atoms with Crippen molar-refractivity contribution in [1.29, 1.82) is 0 Å². The minimum absolute atomic E-state index is 0.0668. The fourth-order valence-electron chi connectivity index (χ4n) is 2.51. The van der Waals surface area contributed by atoms with E-state index < -0.39 is 17.6 Å². The molecule has 142 valence electrons. The third-order valence-corrected chi connectivity index (χ3v) is 3.87. The quantitative estimate of drug-likeness (QED) is 0.572. The molecule has 1 aromatic heterocycles. The van der Waals surface area contributed by atoms with Crippen LogP contribution in [0.4, 0.5) is 24.8 Å². The van der Waals surface area contributed by atoms with Crippen LogP contribution in [0.3, 0.4) is 0 Å². The molecule has 0 aliphatic rings. The summed E-state index contributed by atoms with van der Waals surface area (Å²) in [6.45, 7) is 3.88. The average Bonchev–Trinajstić information content (AvgIpc) is 2.60. The molecule has 0 aliphatic heterocycles. The third-order valence-electron chi connectivity index (χ3n) is 3.87. The first-order valence-corrected chi connectivity index (χ1v) is 8.87. The lowest BCUT2D eigenvalue weighted by Crippen LogP contribution is -2.12. The molecule has 7 heteroatoms. The molecule has 4 nitrogen and oxygen atoms in total. The first kappa shape index (κ1) is 20.0. The Hall–Kier alpha value is -2.31. The normalized spacial score (nSPS) is 11.4. The van der Waals surface area contributed by atoms with Gasteiger partial charge in [0.1, 0.15) is 5.56 Å². The first-order valence-electron chi connectivity index (χ1n) is 8.87. The van der Waals surface area contributed by atoms with Crippen LogP contribution in [0, 0.1) is 0 Å². The predicted molar refractivity (Wildman–Crippen MR) is 95.8 cm³/mol. The number of nitrogens with zero attached hydrogens (tertiary/aromatic N) is 2. The van der Waals surface area contributed by atoms with Crippen LogP contribution >= 0.6 is 0 Å². The van der Waals surface area contributed by atoms with Gasteiger partial charge in [-0.25, -0.2) is 4.98 Å². The Labute approximate surface area is 151 Å². The van der Waals surface area contributed by atoms with Crippen molar-refractivity contribution in [3.63, 3.8) is 0 Å². The standard InChI is InChI=1S/C19H24F3N3O/c1-3-5-6-7-8-14-9-11-15(12-10-14)24-18-23-13-16(19(20,21)22)17(25-18)26-4-2/h9-13H,3-8H2,1-2H3,(H,23,24,25). The zero-order valence-electron chi connectivity index (χ0n) is 15.1. The van der Waals surface area contributed by atoms with Gasteiger partial charge in [-0.3, -0.25) is 0 Å². The van der Waals surface area contributed by atoms with Crippen LogP contribution in [0.1, 0.15) is 50.7 Å². The number of aromatic nitrogens is 2. The molecular weight excluding hydrogens is 343 g/mol. The van der Waals surface area contributed by atoms with E-state index in [2.05, 4.69) is 22.2 Å². The number of anilines is 2. The molecule has 26 heavy (non-hydrogen) atoms. The number of benzene rings is 1. The fourth-order valence-corrected chi connectivity index (χ4v) is 2.51. The number of halogens is 3. The summed E-state index contributed by atoms with van der Waals surface area (Å²) in [5.41, 5.74) is 0.965. The van der Waals surface area contributed by atoms with E-state index in [9.17, 15) is 13.2 Å². The van der Waals surface area contributed by atoms with Crippen molar-refractivity contribution in [2.75, 3.05) is 11.9 Å². The minimum Gasteiger partial charge on any atom is -0.477 e. The largest absolute Gasteiger partial charge is 0.477 e. The van der Waals surface area contributed by atoms with E-state index in [1.165, 1.54) is 24.8 Å². The van der Waals surface area contributed by atoms with Crippen molar-refractivity contribution in [3.8, 4) is 5.88 Å². The smallest absolute Gasteiger partial charge is 0.423 e. The molecule has 0 saturated carbocycles. The van der Waals surface area contributed by atoms with Crippen molar-refractivity contribution in [2.45, 2.75) is 52.1 Å². The number of hydrogen-bond donors (Lipinski definition) is 1. The molecule has 0 spiro atoms. The molecule has 0 radical (unpaired) electrons. The lowest BCUT2D eigenvalue weighted by molar-refractivity contribution is -0.139. The summed E-state index contributed by atoms with van der Waals surface area (Å²) >= 11 is 0. The molecule has 1 N–H and O–H groups in total. The van der Waals surface area contributed by atoms with Gasteiger partial charge in [-0.2, -0.15) is 18.2 Å². The van der Waals surface area contributed by atoms with E-state index in [0.29, 0.717) is 5.69 Å². The van der Waals surface area contributed by atoms with Crippen LogP contribution in [0.2, 0.25) is 0 Å². The molecule has 1 heterocycles. The second-order valence-electron chi connectivity index (χ2n) is 5.98. The zero-order valence-corrected chi connectivity index (χ0v) is 15.1. The third kappa shape index (κ3) is 5.89. The fraction of sp³-hybridized carbons (Fsp3) is 0.474. The number of hydrogen-bond acceptors (Lipinski definition) is 4. The maximum Gasteiger partial charge on any atom is 0.423 e. The van der Waals surface area contributed by atoms with Gasteiger partial charge in [0.2, 0.25) is 11.8 Å². The Morgan fingerprint density at radius 3 is 2.38 bits per heavy atom. The number of unbranched alkanes of at least 4 members (excludes halogenated alkanes) is 3. The lowest BCUT2D eigenvalue weighted by atomic mass is 10.1. The van der Waals surface area contributed by atoms with Crippen LogP contribution in [0.5, 0.6) is 5.88 Å². The van der Waals surface area contributed by atoms with Crippen molar-refractivity contribution in [1.82, 2.24) is 9.97 Å². The maximum atomic E-state index is 12.9. The van der Waals surface area contributed by atoms with Gasteiger partial charge in [-0.15, -0.1) is 0 Å². The first-order chi connectivity index (χ1) is 12.4. The number of nitrogens with one attached hydrogen (secondary N) is 1. The van der Waals surface area contributed by atoms with E-state index >= 15 is 0 Å². The van der Waals surface area contributed by atoms with E-state index in [1.807, 2.05) is 24.3 Å². The van der Waals surface area contributed by atoms with E-state index in [0.717, 1.165) is 19.0 Å². The van der Waals surface area contributed by atoms with Crippen LogP contribution < -0.4 is 10.1 Å². The van der Waals surface area contributed by atoms with Crippen molar-refractivity contribution >= 4 is 11.6 Å². The number of alkyl halides is 3. The SMILES string of the molecule is CCCCCCc1ccc(Nc2ncc(C(F)(F)F)c(OCC)n2)cc1. The summed E-state index contributed by atoms with van der Waals surface area (Å²) in [7, 11) is 0. The van der Waals surface area contributed by atoms with Crippen LogP contribution in [0.25, 0.3) is 0 Å². The molecule has 2 rings (SSSR count). The van der Waals surface area contributed by atoms with Crippen molar-refractivity contribution in [3.05, 3.63) is 41.6 Å². The van der Waals surface area contributed by atoms with Gasteiger partial charge in [-0.1, -0.05) is 38.3 Å². The highest BCUT2D eigenvalue weighted by atomic mass is 19.4. The van der Waals surface area contributed by atoms with Gasteiger partial charge in [-0.05, 0) is 37.5 Å². The summed E-state index contributed by atoms with van der Waals surface area (Å²) in [6.07, 6.45) is 2.03. The van der Waals surface area contributed by atoms with Crippen LogP contribution in [-0.4, -0.2) is 16.6 Å². The van der Waals surface area contributed by atoms with Gasteiger partial charge >= 0.3 is 6.18 Å². The molecule has 1 aromatic carbocycles. The Balaban J connectivity index is 2.04. The maximum absolute atomic E-state index is 12.9. The van der Waals surface area contributed by atoms with E-state index in [4.69, 9.17) is 4.74 Å². The Bertz CT molecular complexity index is 687. The molecule has 0 atom stereocenters. The monoisotopic (exact) mass is 367 g/mol. The van der Waals surface area contributed by atoms with Crippen molar-refractivity contribution in [2.24, 2.45) is 0 Å². The lowest BCUT2D eigenvalue weighted by Gasteiger charge is -2.13. The summed E-state index contributed by atoms with van der Waals surface area (Å²) < 4.78 is 43.8. The summed E-state index contributed by atoms with van der Waals surface area (Å²) in [5.74, 6) is -0.401. The number of rotatable bonds is 9. The zero-order chi connectivity index (χ0) is 19.0. The molecule has 0 aliphatic carbocycles. The van der Waals surface area contributed by atoms with E-state index in [-0.39, 0.29) is 12.6 Å². The molecule has 0 bridgehead atoms. The highest BCUT2D eigenvalue weighted by Gasteiger charge is 2.36. The molecule has 0 saturated heterocycles. The number of aryl methyl sites for hydroxylation is 1. The topological polar surface area (TPSA) is 47.0 Å². The van der Waals surface area contributed by atoms with Gasteiger partial charge in [0.05, 0.1) is 6.61 Å². The Morgan fingerprint density at radius 2 is 1.77 bits per heavy atom. The van der Waals surface area contributed by atoms with Gasteiger partial charge in [0.25, 0.3) is 0 Å². The molecule has 2 aromatic rings. The second kappa shape index (κ2) is 9.40. The van der Waals surface area contributed by atoms with Gasteiger partial charge < -0.3 is 10.1 Å². The van der Waals surface area contributed by atoms with E-state index in [1.54, 1.807) is 6.92 Å². The molecule has 0 fully saturated rings. The highest BCUT2D eigenvalue weighted by Crippen LogP contribution is 2.35. The summed E-state index contributed by atoms with van der Waals surface area (Å²) in [6, 6.07) is 7.75. The van der Waals surface area contributed by atoms with Gasteiger partial charge in [0.15, 0.2) is 0 Å². The molecule has 0 amide bonds. The second-order valence-corrected chi connectivity index (χ2v) is 5.98. The molecule has 0 unspecified atom stereocenters. The summed E-state index contributed by atoms with van der Waals surface area (Å²) in [5, 5.41) is 2.92. The van der Waals surface area contributed by atoms with Crippen LogP contribution in [-0.2, 0) is 12.6 Å². The Kier molecular flexibility index (Phi) is 7.24. The predicted octanol–water partition coefficient (Wildman–Crippen LogP) is 5.76. The minimum atomic E-state index is -4.55. The van der Waals surface area contributed by atoms with Crippen molar-refractivity contribution < 1.29 is 17.9 Å². The van der Waals surface area contributed by atoms with Gasteiger partial charge in [0, 0.05) is 11.9 Å². The van der Waals surface area contributed by atoms with Crippen LogP contribution in [0.15, 0.2) is 30.5 Å². The number of ether oxygens (including phenoxy) is 1. The Morgan fingerprint density at radius 1 is 1.04 bits per heavy atom. The average molecular weight is 367 g/mol.